The first-order valence-electron chi connectivity index (χ1n) is 5.91. The second kappa shape index (κ2) is 5.02. The van der Waals surface area contributed by atoms with Crippen LogP contribution in [0, 0.1) is 13.8 Å². The summed E-state index contributed by atoms with van der Waals surface area (Å²) in [5.74, 6) is 0.893. The molecule has 1 aromatic carbocycles. The Balaban J connectivity index is 2.12. The van der Waals surface area contributed by atoms with Crippen molar-refractivity contribution in [2.24, 2.45) is 10.2 Å². The zero-order valence-electron chi connectivity index (χ0n) is 11.0. The van der Waals surface area contributed by atoms with Crippen LogP contribution in [0.4, 0.5) is 0 Å². The van der Waals surface area contributed by atoms with Crippen LogP contribution in [-0.4, -0.2) is 29.3 Å². The molecule has 0 bridgehead atoms. The molecule has 0 aromatic heterocycles. The predicted octanol–water partition coefficient (Wildman–Crippen LogP) is 3.08. The number of azo groups is 1. The van der Waals surface area contributed by atoms with Crippen LogP contribution in [0.3, 0.4) is 0 Å². The molecule has 0 saturated heterocycles. The Morgan fingerprint density at radius 3 is 2.72 bits per heavy atom. The molecule has 0 saturated carbocycles. The number of ether oxygens (including phenoxy) is 1. The number of benzene rings is 1. The minimum atomic E-state index is -0.141. The van der Waals surface area contributed by atoms with Gasteiger partial charge in [0.1, 0.15) is 11.9 Å². The molecule has 2 atom stereocenters. The monoisotopic (exact) mass is 263 g/mol. The van der Waals surface area contributed by atoms with Crippen LogP contribution in [-0.2, 0) is 0 Å². The van der Waals surface area contributed by atoms with Gasteiger partial charge in [0, 0.05) is 7.05 Å². The fourth-order valence-corrected chi connectivity index (χ4v) is 2.05. The van der Waals surface area contributed by atoms with Crippen molar-refractivity contribution in [3.63, 3.8) is 0 Å². The van der Waals surface area contributed by atoms with E-state index in [0.29, 0.717) is 5.11 Å². The third-order valence-corrected chi connectivity index (χ3v) is 3.62. The fraction of sp³-hybridized carbons (Fsp3) is 0.462. The van der Waals surface area contributed by atoms with Gasteiger partial charge in [0.2, 0.25) is 5.11 Å². The van der Waals surface area contributed by atoms with Gasteiger partial charge in [-0.05, 0) is 50.2 Å². The molecule has 1 aliphatic rings. The Morgan fingerprint density at radius 2 is 2.11 bits per heavy atom. The Hall–Kier alpha value is -1.49. The van der Waals surface area contributed by atoms with E-state index in [-0.39, 0.29) is 12.3 Å². The van der Waals surface area contributed by atoms with Gasteiger partial charge < -0.3 is 9.64 Å². The summed E-state index contributed by atoms with van der Waals surface area (Å²) in [6.07, 6.45) is -0.239. The summed E-state index contributed by atoms with van der Waals surface area (Å²) >= 11 is 5.06. The lowest BCUT2D eigenvalue weighted by atomic mass is 10.1. The second-order valence-corrected chi connectivity index (χ2v) is 4.91. The second-order valence-electron chi connectivity index (χ2n) is 4.54. The number of hydrogen-bond acceptors (Lipinski definition) is 3. The molecule has 0 radical (unpaired) electrons. The Kier molecular flexibility index (Phi) is 3.61. The van der Waals surface area contributed by atoms with Gasteiger partial charge in [-0.15, -0.1) is 5.11 Å². The molecule has 4 nitrogen and oxygen atoms in total. The highest BCUT2D eigenvalue weighted by Crippen LogP contribution is 2.24. The lowest BCUT2D eigenvalue weighted by molar-refractivity contribution is 0.141. The molecule has 0 fully saturated rings. The first-order valence-corrected chi connectivity index (χ1v) is 6.32. The summed E-state index contributed by atoms with van der Waals surface area (Å²) in [6, 6.07) is 6.04. The molecule has 0 spiro atoms. The predicted molar refractivity (Wildman–Crippen MR) is 75.0 cm³/mol. The van der Waals surface area contributed by atoms with Gasteiger partial charge in [-0.25, -0.2) is 0 Å². The van der Waals surface area contributed by atoms with Gasteiger partial charge >= 0.3 is 0 Å². The van der Waals surface area contributed by atoms with Crippen molar-refractivity contribution in [3.8, 4) is 5.75 Å². The molecule has 1 heterocycles. The molecule has 0 aliphatic carbocycles. The van der Waals surface area contributed by atoms with Crippen LogP contribution >= 0.6 is 12.2 Å². The molecule has 1 aliphatic heterocycles. The number of thiocarbonyl (C=S) groups is 1. The standard InChI is InChI=1S/C13H17N3OS/c1-8-6-5-7-11(9(8)2)17-10(3)12-14-15-13(18)16(12)4/h5-7,10,12H,1-4H3. The zero-order chi connectivity index (χ0) is 13.3. The van der Waals surface area contributed by atoms with Gasteiger partial charge in [-0.3, -0.25) is 0 Å². The molecule has 5 heteroatoms. The number of likely N-dealkylation sites (N-methyl/N-ethyl adjacent to an activating group) is 1. The van der Waals surface area contributed by atoms with E-state index in [1.54, 1.807) is 0 Å². The van der Waals surface area contributed by atoms with E-state index in [1.165, 1.54) is 5.56 Å². The molecule has 2 rings (SSSR count). The van der Waals surface area contributed by atoms with Crippen molar-refractivity contribution in [1.82, 2.24) is 4.90 Å². The smallest absolute Gasteiger partial charge is 0.217 e. The minimum absolute atomic E-state index is 0.0975. The lowest BCUT2D eigenvalue weighted by Crippen LogP contribution is -2.39. The summed E-state index contributed by atoms with van der Waals surface area (Å²) in [4.78, 5) is 1.85. The maximum Gasteiger partial charge on any atom is 0.217 e. The van der Waals surface area contributed by atoms with E-state index >= 15 is 0 Å². The Bertz CT molecular complexity index is 501. The maximum atomic E-state index is 5.97. The van der Waals surface area contributed by atoms with Gasteiger partial charge in [0.15, 0.2) is 6.17 Å². The third-order valence-electron chi connectivity index (χ3n) is 3.25. The van der Waals surface area contributed by atoms with Crippen molar-refractivity contribution < 1.29 is 4.74 Å². The number of nitrogens with zero attached hydrogens (tertiary/aromatic N) is 3. The average molecular weight is 263 g/mol. The first kappa shape index (κ1) is 13.0. The fourth-order valence-electron chi connectivity index (χ4n) is 1.89. The topological polar surface area (TPSA) is 37.2 Å². The minimum Gasteiger partial charge on any atom is -0.486 e. The van der Waals surface area contributed by atoms with Gasteiger partial charge in [-0.2, -0.15) is 5.11 Å². The van der Waals surface area contributed by atoms with E-state index < -0.39 is 0 Å². The van der Waals surface area contributed by atoms with Crippen molar-refractivity contribution in [2.75, 3.05) is 7.05 Å². The van der Waals surface area contributed by atoms with E-state index in [4.69, 9.17) is 17.0 Å². The van der Waals surface area contributed by atoms with Gasteiger partial charge in [0.25, 0.3) is 0 Å². The van der Waals surface area contributed by atoms with Crippen LogP contribution in [0.1, 0.15) is 18.1 Å². The normalized spacial score (nSPS) is 20.3. The summed E-state index contributed by atoms with van der Waals surface area (Å²) in [6.45, 7) is 6.11. The average Bonchev–Trinajstić information content (AvgIpc) is 2.66. The van der Waals surface area contributed by atoms with Crippen molar-refractivity contribution in [1.29, 1.82) is 0 Å². The van der Waals surface area contributed by atoms with E-state index in [0.717, 1.165) is 11.3 Å². The SMILES string of the molecule is Cc1cccc(OC(C)C2N=NC(=S)N2C)c1C. The summed E-state index contributed by atoms with van der Waals surface area (Å²) < 4.78 is 5.97. The number of hydrogen-bond donors (Lipinski definition) is 0. The van der Waals surface area contributed by atoms with E-state index in [1.807, 2.05) is 31.0 Å². The van der Waals surface area contributed by atoms with Crippen LogP contribution in [0.2, 0.25) is 0 Å². The maximum absolute atomic E-state index is 5.97. The van der Waals surface area contributed by atoms with E-state index in [2.05, 4.69) is 30.1 Å². The summed E-state index contributed by atoms with van der Waals surface area (Å²) in [5.41, 5.74) is 2.38. The van der Waals surface area contributed by atoms with Crippen molar-refractivity contribution in [2.45, 2.75) is 33.0 Å². The quantitative estimate of drug-likeness (QED) is 0.786. The molecule has 0 amide bonds. The Morgan fingerprint density at radius 1 is 1.39 bits per heavy atom. The zero-order valence-corrected chi connectivity index (χ0v) is 11.9. The number of rotatable bonds is 3. The molecule has 18 heavy (non-hydrogen) atoms. The molecule has 2 unspecified atom stereocenters. The highest BCUT2D eigenvalue weighted by atomic mass is 32.1. The summed E-state index contributed by atoms with van der Waals surface area (Å²) in [5, 5.41) is 8.54. The molecule has 1 aromatic rings. The lowest BCUT2D eigenvalue weighted by Gasteiger charge is -2.25. The highest BCUT2D eigenvalue weighted by molar-refractivity contribution is 7.80. The molecule has 0 N–H and O–H groups in total. The van der Waals surface area contributed by atoms with Gasteiger partial charge in [0.05, 0.1) is 0 Å². The van der Waals surface area contributed by atoms with Crippen LogP contribution in [0.15, 0.2) is 28.4 Å². The molecular formula is C13H17N3OS. The van der Waals surface area contributed by atoms with Gasteiger partial charge in [-0.1, -0.05) is 12.1 Å². The molecular weight excluding hydrogens is 246 g/mol. The van der Waals surface area contributed by atoms with Crippen LogP contribution < -0.4 is 4.74 Å². The van der Waals surface area contributed by atoms with Crippen molar-refractivity contribution >= 4 is 17.3 Å². The summed E-state index contributed by atoms with van der Waals surface area (Å²) in [7, 11) is 1.88. The highest BCUT2D eigenvalue weighted by Gasteiger charge is 2.29. The van der Waals surface area contributed by atoms with E-state index in [9.17, 15) is 0 Å². The number of aryl methyl sites for hydroxylation is 1. The Labute approximate surface area is 113 Å². The van der Waals surface area contributed by atoms with Crippen LogP contribution in [0.5, 0.6) is 5.75 Å². The van der Waals surface area contributed by atoms with Crippen molar-refractivity contribution in [3.05, 3.63) is 29.3 Å². The third kappa shape index (κ3) is 2.36. The van der Waals surface area contributed by atoms with Crippen LogP contribution in [0.25, 0.3) is 0 Å². The first-order chi connectivity index (χ1) is 8.50. The largest absolute Gasteiger partial charge is 0.486 e. The molecule has 96 valence electrons.